The number of nitrogens with zero attached hydrogens (tertiary/aromatic N) is 3. The summed E-state index contributed by atoms with van der Waals surface area (Å²) in [6.07, 6.45) is 3.92. The van der Waals surface area contributed by atoms with Crippen molar-refractivity contribution in [3.63, 3.8) is 0 Å². The van der Waals surface area contributed by atoms with Gasteiger partial charge < -0.3 is 14.8 Å². The van der Waals surface area contributed by atoms with E-state index in [0.29, 0.717) is 51.2 Å². The number of benzene rings is 3. The van der Waals surface area contributed by atoms with Gasteiger partial charge in [0.15, 0.2) is 18.1 Å². The molecular weight excluding hydrogens is 664 g/mol. The molecule has 0 unspecified atom stereocenters. The van der Waals surface area contributed by atoms with Crippen LogP contribution in [0.4, 0.5) is 5.69 Å². The molecule has 8 nitrogen and oxygen atoms in total. The lowest BCUT2D eigenvalue weighted by atomic mass is 10.2. The maximum Gasteiger partial charge on any atom is 0.282 e. The van der Waals surface area contributed by atoms with Crippen molar-refractivity contribution in [2.45, 2.75) is 33.1 Å². The molecule has 0 saturated carbocycles. The van der Waals surface area contributed by atoms with Crippen molar-refractivity contribution >= 4 is 72.2 Å². The summed E-state index contributed by atoms with van der Waals surface area (Å²) in [6.45, 7) is 3.97. The fourth-order valence-corrected chi connectivity index (χ4v) is 4.90. The van der Waals surface area contributed by atoms with E-state index >= 15 is 0 Å². The quantitative estimate of drug-likeness (QED) is 0.168. The lowest BCUT2D eigenvalue weighted by Crippen LogP contribution is -2.22. The number of aromatic nitrogens is 2. The summed E-state index contributed by atoms with van der Waals surface area (Å²) in [7, 11) is 0. The van der Waals surface area contributed by atoms with Crippen LogP contribution in [-0.2, 0) is 11.2 Å². The van der Waals surface area contributed by atoms with E-state index in [-0.39, 0.29) is 28.8 Å². The molecule has 0 fully saturated rings. The molecule has 1 aromatic heterocycles. The number of amides is 1. The molecule has 40 heavy (non-hydrogen) atoms. The van der Waals surface area contributed by atoms with Crippen LogP contribution in [0.5, 0.6) is 11.5 Å². The molecule has 4 aromatic rings. The van der Waals surface area contributed by atoms with Crippen molar-refractivity contribution in [3.05, 3.63) is 90.3 Å². The molecule has 0 radical (unpaired) electrons. The van der Waals surface area contributed by atoms with Gasteiger partial charge in [-0.05, 0) is 65.7 Å². The maximum absolute atomic E-state index is 13.4. The summed E-state index contributed by atoms with van der Waals surface area (Å²) in [5.41, 5.74) is 1.55. The van der Waals surface area contributed by atoms with Gasteiger partial charge in [0.05, 0.1) is 23.7 Å². The predicted octanol–water partition coefficient (Wildman–Crippen LogP) is 7.22. The van der Waals surface area contributed by atoms with Gasteiger partial charge in [-0.3, -0.25) is 9.59 Å². The Morgan fingerprint density at radius 2 is 1.90 bits per heavy atom. The first-order chi connectivity index (χ1) is 19.3. The third-order valence-electron chi connectivity index (χ3n) is 5.80. The molecule has 4 rings (SSSR count). The van der Waals surface area contributed by atoms with E-state index in [2.05, 4.69) is 49.2 Å². The Labute approximate surface area is 253 Å². The van der Waals surface area contributed by atoms with Crippen molar-refractivity contribution in [1.29, 1.82) is 0 Å². The van der Waals surface area contributed by atoms with Crippen molar-refractivity contribution in [1.82, 2.24) is 9.66 Å². The molecule has 1 heterocycles. The first-order valence-electron chi connectivity index (χ1n) is 12.7. The minimum absolute atomic E-state index is 0.207. The Morgan fingerprint density at radius 3 is 2.62 bits per heavy atom. The van der Waals surface area contributed by atoms with E-state index in [4.69, 9.17) is 26.1 Å². The fraction of sp³-hybridized carbons (Fsp3) is 0.241. The highest BCUT2D eigenvalue weighted by Crippen LogP contribution is 2.42. The normalized spacial score (nSPS) is 11.2. The number of carbonyl (C=O) groups is 1. The van der Waals surface area contributed by atoms with Crippen molar-refractivity contribution in [3.8, 4) is 11.5 Å². The van der Waals surface area contributed by atoms with Crippen molar-refractivity contribution < 1.29 is 14.3 Å². The van der Waals surface area contributed by atoms with Crippen molar-refractivity contribution in [2.75, 3.05) is 18.5 Å². The summed E-state index contributed by atoms with van der Waals surface area (Å²) >= 11 is 13.6. The average molecular weight is 691 g/mol. The number of hydrogen-bond acceptors (Lipinski definition) is 6. The predicted molar refractivity (Wildman–Crippen MR) is 166 cm³/mol. The first kappa shape index (κ1) is 29.8. The number of nitrogens with one attached hydrogen (secondary N) is 1. The molecule has 0 saturated heterocycles. The summed E-state index contributed by atoms with van der Waals surface area (Å²) < 4.78 is 14.1. The summed E-state index contributed by atoms with van der Waals surface area (Å²) in [4.78, 5) is 30.6. The van der Waals surface area contributed by atoms with E-state index < -0.39 is 0 Å². The Morgan fingerprint density at radius 1 is 1.12 bits per heavy atom. The molecule has 11 heteroatoms. The monoisotopic (exact) mass is 688 g/mol. The second kappa shape index (κ2) is 13.9. The second-order valence-corrected chi connectivity index (χ2v) is 10.8. The van der Waals surface area contributed by atoms with Gasteiger partial charge in [-0.1, -0.05) is 59.1 Å². The Bertz CT molecular complexity index is 1610. The van der Waals surface area contributed by atoms with Crippen molar-refractivity contribution in [2.24, 2.45) is 5.10 Å². The van der Waals surface area contributed by atoms with E-state index in [1.807, 2.05) is 37.3 Å². The van der Waals surface area contributed by atoms with Gasteiger partial charge in [-0.2, -0.15) is 9.78 Å². The Balaban J connectivity index is 1.66. The van der Waals surface area contributed by atoms with Gasteiger partial charge in [0.1, 0.15) is 10.8 Å². The fourth-order valence-electron chi connectivity index (χ4n) is 3.88. The standard InChI is InChI=1S/C29H27Br2ClN4O4/c1-3-5-11-24-35-22-13-12-19(30)15-21(22)29(38)36(24)33-16-18-14-23(39-4-2)28(27(32)26(18)31)40-17-25(37)34-20-9-7-6-8-10-20/h6-10,12-16H,3-5,11,17H2,1-2H3,(H,34,37). The number of halogens is 3. The van der Waals surface area contributed by atoms with Crippen LogP contribution in [0.2, 0.25) is 5.02 Å². The first-order valence-corrected chi connectivity index (χ1v) is 14.7. The number of unbranched alkanes of at least 4 members (excludes halogenated alkanes) is 1. The Hall–Kier alpha value is -3.21. The molecular formula is C29H27Br2ClN4O4. The van der Waals surface area contributed by atoms with E-state index in [0.717, 1.165) is 17.3 Å². The SMILES string of the molecule is CCCCc1nc2ccc(Br)cc2c(=O)n1N=Cc1cc(OCC)c(OCC(=O)Nc2ccccc2)c(Cl)c1Br. The van der Waals surface area contributed by atoms with Crippen LogP contribution in [0.3, 0.4) is 0 Å². The number of carbonyl (C=O) groups excluding carboxylic acids is 1. The van der Waals surface area contributed by atoms with Gasteiger partial charge in [0.25, 0.3) is 11.5 Å². The largest absolute Gasteiger partial charge is 0.490 e. The molecule has 0 aliphatic heterocycles. The molecule has 1 amide bonds. The third kappa shape index (κ3) is 7.10. The highest BCUT2D eigenvalue weighted by Gasteiger charge is 2.19. The van der Waals surface area contributed by atoms with Gasteiger partial charge in [0, 0.05) is 26.6 Å². The Kier molecular flexibility index (Phi) is 10.4. The van der Waals surface area contributed by atoms with Crippen LogP contribution in [-0.4, -0.2) is 35.0 Å². The number of hydrogen-bond donors (Lipinski definition) is 1. The lowest BCUT2D eigenvalue weighted by Gasteiger charge is -2.16. The number of anilines is 1. The zero-order valence-corrected chi connectivity index (χ0v) is 25.8. The van der Waals surface area contributed by atoms with Crippen LogP contribution in [0.1, 0.15) is 38.1 Å². The number of rotatable bonds is 11. The van der Waals surface area contributed by atoms with Crippen LogP contribution in [0.15, 0.2) is 73.4 Å². The second-order valence-electron chi connectivity index (χ2n) is 8.71. The molecule has 1 N–H and O–H groups in total. The zero-order valence-electron chi connectivity index (χ0n) is 21.9. The zero-order chi connectivity index (χ0) is 28.6. The molecule has 3 aromatic carbocycles. The number of para-hydroxylation sites is 1. The van der Waals surface area contributed by atoms with Gasteiger partial charge in [0.2, 0.25) is 0 Å². The summed E-state index contributed by atoms with van der Waals surface area (Å²) in [5.74, 6) is 0.771. The number of fused-ring (bicyclic) bond motifs is 1. The van der Waals surface area contributed by atoms with E-state index in [1.54, 1.807) is 24.3 Å². The van der Waals surface area contributed by atoms with Crippen LogP contribution in [0.25, 0.3) is 10.9 Å². The molecule has 0 aliphatic carbocycles. The highest BCUT2D eigenvalue weighted by molar-refractivity contribution is 9.10. The third-order valence-corrected chi connectivity index (χ3v) is 7.74. The number of aryl methyl sites for hydroxylation is 1. The van der Waals surface area contributed by atoms with E-state index in [9.17, 15) is 9.59 Å². The van der Waals surface area contributed by atoms with Crippen LogP contribution >= 0.6 is 43.5 Å². The maximum atomic E-state index is 13.4. The molecule has 0 bridgehead atoms. The number of ether oxygens (including phenoxy) is 2. The topological polar surface area (TPSA) is 94.8 Å². The van der Waals surface area contributed by atoms with Gasteiger partial charge in [-0.15, -0.1) is 0 Å². The lowest BCUT2D eigenvalue weighted by molar-refractivity contribution is -0.118. The van der Waals surface area contributed by atoms with Crippen LogP contribution in [0, 0.1) is 0 Å². The molecule has 0 spiro atoms. The highest BCUT2D eigenvalue weighted by atomic mass is 79.9. The van der Waals surface area contributed by atoms with Gasteiger partial charge in [-0.25, -0.2) is 4.98 Å². The summed E-state index contributed by atoms with van der Waals surface area (Å²) in [5, 5.41) is 7.94. The minimum atomic E-state index is -0.346. The minimum Gasteiger partial charge on any atom is -0.490 e. The average Bonchev–Trinajstić information content (AvgIpc) is 2.94. The molecule has 208 valence electrons. The van der Waals surface area contributed by atoms with Crippen LogP contribution < -0.4 is 20.3 Å². The summed E-state index contributed by atoms with van der Waals surface area (Å²) in [6, 6.07) is 16.2. The molecule has 0 atom stereocenters. The van der Waals surface area contributed by atoms with E-state index in [1.165, 1.54) is 10.9 Å². The van der Waals surface area contributed by atoms with Gasteiger partial charge >= 0.3 is 0 Å². The smallest absolute Gasteiger partial charge is 0.282 e. The molecule has 0 aliphatic rings.